The number of aliphatic carboxylic acids is 1. The molecule has 30 heavy (non-hydrogen) atoms. The van der Waals surface area contributed by atoms with Crippen molar-refractivity contribution in [2.45, 2.75) is 31.3 Å². The summed E-state index contributed by atoms with van der Waals surface area (Å²) in [4.78, 5) is 12.9. The first-order chi connectivity index (χ1) is 14.4. The van der Waals surface area contributed by atoms with Gasteiger partial charge in [-0.2, -0.15) is 0 Å². The lowest BCUT2D eigenvalue weighted by molar-refractivity contribution is -0.137. The van der Waals surface area contributed by atoms with E-state index in [0.717, 1.165) is 31.5 Å². The second kappa shape index (κ2) is 8.61. The van der Waals surface area contributed by atoms with E-state index in [1.807, 2.05) is 0 Å². The number of fused-ring (bicyclic) bond motifs is 2. The number of hydrogen-bond acceptors (Lipinski definition) is 4. The Morgan fingerprint density at radius 1 is 1.23 bits per heavy atom. The van der Waals surface area contributed by atoms with Gasteiger partial charge in [0.1, 0.15) is 12.4 Å². The predicted octanol–water partition coefficient (Wildman–Crippen LogP) is 4.91. The number of halogens is 3. The van der Waals surface area contributed by atoms with Gasteiger partial charge in [0.15, 0.2) is 11.6 Å². The van der Waals surface area contributed by atoms with E-state index >= 15 is 0 Å². The molecule has 1 spiro atoms. The number of rotatable bonds is 6. The number of carbonyl (C=O) groups is 1. The summed E-state index contributed by atoms with van der Waals surface area (Å²) in [7, 11) is 0. The fourth-order valence-electron chi connectivity index (χ4n) is 4.17. The minimum Gasteiger partial charge on any atom is -0.492 e. The quantitative estimate of drug-likeness (QED) is 0.672. The van der Waals surface area contributed by atoms with Gasteiger partial charge in [-0.1, -0.05) is 29.3 Å². The van der Waals surface area contributed by atoms with Crippen molar-refractivity contribution in [3.05, 3.63) is 57.3 Å². The van der Waals surface area contributed by atoms with Crippen molar-refractivity contribution in [1.82, 2.24) is 4.90 Å². The molecule has 2 aliphatic heterocycles. The van der Waals surface area contributed by atoms with E-state index in [2.05, 4.69) is 4.90 Å². The molecule has 2 aromatic rings. The Labute approximate surface area is 184 Å². The highest BCUT2D eigenvalue weighted by atomic mass is 35.5. The van der Waals surface area contributed by atoms with Gasteiger partial charge in [-0.05, 0) is 44.1 Å². The molecule has 0 atom stereocenters. The van der Waals surface area contributed by atoms with Crippen molar-refractivity contribution in [2.75, 3.05) is 26.2 Å². The molecule has 4 rings (SSSR count). The van der Waals surface area contributed by atoms with Gasteiger partial charge in [-0.15, -0.1) is 0 Å². The van der Waals surface area contributed by atoms with Gasteiger partial charge >= 0.3 is 5.97 Å². The minimum atomic E-state index is -0.794. The molecular weight excluding hydrogens is 432 g/mol. The Kier molecular flexibility index (Phi) is 6.09. The van der Waals surface area contributed by atoms with Crippen LogP contribution in [0.3, 0.4) is 0 Å². The van der Waals surface area contributed by atoms with E-state index in [0.29, 0.717) is 34.5 Å². The average Bonchev–Trinajstić information content (AvgIpc) is 3.04. The molecule has 5 nitrogen and oxygen atoms in total. The zero-order valence-electron chi connectivity index (χ0n) is 16.3. The molecule has 0 aromatic heterocycles. The van der Waals surface area contributed by atoms with Crippen molar-refractivity contribution < 1.29 is 23.8 Å². The van der Waals surface area contributed by atoms with E-state index in [1.54, 1.807) is 24.3 Å². The monoisotopic (exact) mass is 453 g/mol. The first-order valence-electron chi connectivity index (χ1n) is 9.85. The molecule has 2 aromatic carbocycles. The maximum absolute atomic E-state index is 14.9. The SMILES string of the molecule is O=C(O)CCN1CCC2(CC1)COc1cc(OCc3c(Cl)cccc3Cl)c(F)cc12. The van der Waals surface area contributed by atoms with Crippen LogP contribution in [0.2, 0.25) is 10.0 Å². The fraction of sp³-hybridized carbons (Fsp3) is 0.409. The number of ether oxygens (including phenoxy) is 2. The first-order valence-corrected chi connectivity index (χ1v) is 10.6. The van der Waals surface area contributed by atoms with Crippen molar-refractivity contribution in [1.29, 1.82) is 0 Å². The molecule has 0 bridgehead atoms. The summed E-state index contributed by atoms with van der Waals surface area (Å²) in [6.07, 6.45) is 1.73. The first kappa shape index (κ1) is 21.2. The third-order valence-corrected chi connectivity index (χ3v) is 6.71. The zero-order valence-corrected chi connectivity index (χ0v) is 17.8. The molecule has 1 fully saturated rings. The van der Waals surface area contributed by atoms with Crippen LogP contribution in [0.4, 0.5) is 4.39 Å². The van der Waals surface area contributed by atoms with E-state index in [-0.39, 0.29) is 24.2 Å². The second-order valence-electron chi connectivity index (χ2n) is 7.82. The number of nitrogens with zero attached hydrogens (tertiary/aromatic N) is 1. The summed E-state index contributed by atoms with van der Waals surface area (Å²) >= 11 is 12.3. The van der Waals surface area contributed by atoms with E-state index in [9.17, 15) is 9.18 Å². The minimum absolute atomic E-state index is 0.0535. The number of piperidine rings is 1. The van der Waals surface area contributed by atoms with Crippen LogP contribution in [0, 0.1) is 5.82 Å². The molecule has 1 N–H and O–H groups in total. The number of carboxylic acids is 1. The maximum atomic E-state index is 14.9. The fourth-order valence-corrected chi connectivity index (χ4v) is 4.67. The Balaban J connectivity index is 1.47. The summed E-state index contributed by atoms with van der Waals surface area (Å²) < 4.78 is 26.4. The summed E-state index contributed by atoms with van der Waals surface area (Å²) in [5.41, 5.74) is 1.23. The normalized spacial score (nSPS) is 17.6. The van der Waals surface area contributed by atoms with Crippen LogP contribution in [-0.4, -0.2) is 42.2 Å². The standard InChI is InChI=1S/C22H22Cl2FNO4/c23-16-2-1-3-17(24)14(16)12-29-20-11-19-15(10-18(20)25)22(13-30-19)5-8-26(9-6-22)7-4-21(27)28/h1-3,10-11H,4-9,12-13H2,(H,27,28). The molecule has 0 radical (unpaired) electrons. The van der Waals surface area contributed by atoms with Gasteiger partial charge in [0.2, 0.25) is 0 Å². The maximum Gasteiger partial charge on any atom is 0.304 e. The van der Waals surface area contributed by atoms with Gasteiger partial charge in [-0.3, -0.25) is 4.79 Å². The number of benzene rings is 2. The highest BCUT2D eigenvalue weighted by Crippen LogP contribution is 2.47. The van der Waals surface area contributed by atoms with Crippen LogP contribution >= 0.6 is 23.2 Å². The smallest absolute Gasteiger partial charge is 0.304 e. The van der Waals surface area contributed by atoms with Crippen LogP contribution in [0.25, 0.3) is 0 Å². The summed E-state index contributed by atoms with van der Waals surface area (Å²) in [6, 6.07) is 8.27. The second-order valence-corrected chi connectivity index (χ2v) is 8.64. The van der Waals surface area contributed by atoms with Crippen molar-refractivity contribution in [3.8, 4) is 11.5 Å². The van der Waals surface area contributed by atoms with Gasteiger partial charge in [0.05, 0.1) is 13.0 Å². The summed E-state index contributed by atoms with van der Waals surface area (Å²) in [5, 5.41) is 9.80. The number of likely N-dealkylation sites (tertiary alicyclic amines) is 1. The van der Waals surface area contributed by atoms with Crippen molar-refractivity contribution >= 4 is 29.2 Å². The molecule has 0 saturated carbocycles. The van der Waals surface area contributed by atoms with Gasteiger partial charge < -0.3 is 19.5 Å². The van der Waals surface area contributed by atoms with E-state index in [4.69, 9.17) is 37.8 Å². The van der Waals surface area contributed by atoms with E-state index in [1.165, 1.54) is 6.07 Å². The number of hydrogen-bond donors (Lipinski definition) is 1. The molecule has 2 heterocycles. The largest absolute Gasteiger partial charge is 0.492 e. The zero-order chi connectivity index (χ0) is 21.3. The van der Waals surface area contributed by atoms with Crippen molar-refractivity contribution in [2.24, 2.45) is 0 Å². The van der Waals surface area contributed by atoms with Crippen LogP contribution in [0.1, 0.15) is 30.4 Å². The van der Waals surface area contributed by atoms with Crippen LogP contribution < -0.4 is 9.47 Å². The van der Waals surface area contributed by atoms with E-state index < -0.39 is 11.8 Å². The lowest BCUT2D eigenvalue weighted by Gasteiger charge is -2.38. The molecule has 0 aliphatic carbocycles. The molecular formula is C22H22Cl2FNO4. The Morgan fingerprint density at radius 3 is 2.60 bits per heavy atom. The molecule has 0 amide bonds. The van der Waals surface area contributed by atoms with Crippen LogP contribution in [0.15, 0.2) is 30.3 Å². The van der Waals surface area contributed by atoms with Crippen LogP contribution in [0.5, 0.6) is 11.5 Å². The van der Waals surface area contributed by atoms with Gasteiger partial charge in [0, 0.05) is 39.2 Å². The molecule has 0 unspecified atom stereocenters. The molecule has 1 saturated heterocycles. The van der Waals surface area contributed by atoms with Crippen LogP contribution in [-0.2, 0) is 16.8 Å². The lowest BCUT2D eigenvalue weighted by atomic mass is 9.74. The topological polar surface area (TPSA) is 59.0 Å². The summed E-state index contributed by atoms with van der Waals surface area (Å²) in [6.45, 7) is 2.61. The lowest BCUT2D eigenvalue weighted by Crippen LogP contribution is -2.44. The molecule has 2 aliphatic rings. The van der Waals surface area contributed by atoms with Crippen molar-refractivity contribution in [3.63, 3.8) is 0 Å². The number of carboxylic acid groups (broad SMARTS) is 1. The molecule has 160 valence electrons. The average molecular weight is 454 g/mol. The Morgan fingerprint density at radius 2 is 1.93 bits per heavy atom. The third kappa shape index (κ3) is 4.22. The Bertz CT molecular complexity index is 940. The Hall–Kier alpha value is -2.02. The van der Waals surface area contributed by atoms with Gasteiger partial charge in [-0.25, -0.2) is 4.39 Å². The molecule has 8 heteroatoms. The highest BCUT2D eigenvalue weighted by Gasteiger charge is 2.43. The highest BCUT2D eigenvalue weighted by molar-refractivity contribution is 6.35. The van der Waals surface area contributed by atoms with Gasteiger partial charge in [0.25, 0.3) is 0 Å². The predicted molar refractivity (Wildman–Crippen MR) is 112 cm³/mol. The third-order valence-electron chi connectivity index (χ3n) is 6.00. The summed E-state index contributed by atoms with van der Waals surface area (Å²) in [5.74, 6) is -0.510.